The molecule has 1 saturated heterocycles. The summed E-state index contributed by atoms with van der Waals surface area (Å²) in [7, 11) is 0. The first-order valence-corrected chi connectivity index (χ1v) is 7.19. The first-order chi connectivity index (χ1) is 9.81. The number of hydrogen-bond donors (Lipinski definition) is 2. The Hall–Kier alpha value is -1.31. The van der Waals surface area contributed by atoms with E-state index in [-0.39, 0.29) is 29.9 Å². The minimum atomic E-state index is 0. The molecule has 0 radical (unpaired) electrons. The molecule has 1 fully saturated rings. The lowest BCUT2D eigenvalue weighted by molar-refractivity contribution is -0.128. The summed E-state index contributed by atoms with van der Waals surface area (Å²) in [6.45, 7) is 4.18. The zero-order chi connectivity index (χ0) is 13.8. The van der Waals surface area contributed by atoms with Crippen LogP contribution in [0, 0.1) is 0 Å². The molecule has 0 saturated carbocycles. The van der Waals surface area contributed by atoms with Gasteiger partial charge in [-0.1, -0.05) is 24.3 Å². The predicted octanol–water partition coefficient (Wildman–Crippen LogP) is 1.48. The number of halogens is 1. The van der Waals surface area contributed by atoms with Crippen LogP contribution in [0.4, 0.5) is 0 Å². The van der Waals surface area contributed by atoms with E-state index in [0.717, 1.165) is 45.1 Å². The van der Waals surface area contributed by atoms with Gasteiger partial charge in [-0.15, -0.1) is 24.0 Å². The number of carbonyl (C=O) groups excluding carboxylic acids is 1. The lowest BCUT2D eigenvalue weighted by Gasteiger charge is -2.15. The van der Waals surface area contributed by atoms with Crippen molar-refractivity contribution in [3.8, 4) is 0 Å². The van der Waals surface area contributed by atoms with Gasteiger partial charge < -0.3 is 15.5 Å². The molecule has 5 nitrogen and oxygen atoms in total. The van der Waals surface area contributed by atoms with Crippen LogP contribution in [0.15, 0.2) is 29.3 Å². The third kappa shape index (κ3) is 4.33. The Kier molecular flexibility index (Phi) is 5.84. The van der Waals surface area contributed by atoms with Crippen LogP contribution < -0.4 is 10.6 Å². The van der Waals surface area contributed by atoms with Crippen LogP contribution in [0.5, 0.6) is 0 Å². The molecule has 3 rings (SSSR count). The van der Waals surface area contributed by atoms with Crippen molar-refractivity contribution in [3.05, 3.63) is 35.4 Å². The molecule has 2 aliphatic rings. The lowest BCUT2D eigenvalue weighted by Crippen LogP contribution is -2.33. The fourth-order valence-electron chi connectivity index (χ4n) is 2.56. The molecule has 0 unspecified atom stereocenters. The molecule has 114 valence electrons. The van der Waals surface area contributed by atoms with Gasteiger partial charge in [0, 0.05) is 32.6 Å². The first kappa shape index (κ1) is 16.1. The average Bonchev–Trinajstić information content (AvgIpc) is 3.11. The SMILES string of the molecule is I.O=C1CCCN1Cc1ccc(CNC2=NCCN2)cc1. The fourth-order valence-corrected chi connectivity index (χ4v) is 2.56. The number of amides is 1. The molecule has 0 aliphatic carbocycles. The number of benzene rings is 1. The normalized spacial score (nSPS) is 17.2. The quantitative estimate of drug-likeness (QED) is 0.753. The van der Waals surface area contributed by atoms with E-state index < -0.39 is 0 Å². The molecule has 0 spiro atoms. The maximum Gasteiger partial charge on any atom is 0.222 e. The molecule has 0 atom stereocenters. The van der Waals surface area contributed by atoms with E-state index in [2.05, 4.69) is 39.9 Å². The van der Waals surface area contributed by atoms with Gasteiger partial charge in [-0.2, -0.15) is 0 Å². The van der Waals surface area contributed by atoms with Crippen molar-refractivity contribution in [3.63, 3.8) is 0 Å². The Morgan fingerprint density at radius 2 is 2.00 bits per heavy atom. The summed E-state index contributed by atoms with van der Waals surface area (Å²) in [6.07, 6.45) is 1.70. The Morgan fingerprint density at radius 3 is 2.62 bits per heavy atom. The zero-order valence-electron chi connectivity index (χ0n) is 12.0. The van der Waals surface area contributed by atoms with Gasteiger partial charge in [-0.3, -0.25) is 9.79 Å². The molecule has 2 N–H and O–H groups in total. The Morgan fingerprint density at radius 1 is 1.24 bits per heavy atom. The second-order valence-corrected chi connectivity index (χ2v) is 5.25. The number of guanidine groups is 1. The molecule has 1 amide bonds. The molecule has 6 heteroatoms. The smallest absolute Gasteiger partial charge is 0.222 e. The highest BCUT2D eigenvalue weighted by Crippen LogP contribution is 2.14. The monoisotopic (exact) mass is 400 g/mol. The summed E-state index contributed by atoms with van der Waals surface area (Å²) in [5.41, 5.74) is 2.42. The molecule has 2 aliphatic heterocycles. The third-order valence-corrected chi connectivity index (χ3v) is 3.70. The minimum absolute atomic E-state index is 0. The van der Waals surface area contributed by atoms with Crippen LogP contribution >= 0.6 is 24.0 Å². The van der Waals surface area contributed by atoms with Crippen LogP contribution in [0.2, 0.25) is 0 Å². The van der Waals surface area contributed by atoms with Gasteiger partial charge in [0.05, 0.1) is 6.54 Å². The summed E-state index contributed by atoms with van der Waals surface area (Å²) in [4.78, 5) is 17.8. The van der Waals surface area contributed by atoms with Crippen molar-refractivity contribution in [2.24, 2.45) is 4.99 Å². The highest BCUT2D eigenvalue weighted by molar-refractivity contribution is 14.0. The van der Waals surface area contributed by atoms with Crippen LogP contribution in [0.25, 0.3) is 0 Å². The average molecular weight is 400 g/mol. The molecule has 0 aromatic heterocycles. The maximum atomic E-state index is 11.6. The van der Waals surface area contributed by atoms with Crippen molar-refractivity contribution in [2.75, 3.05) is 19.6 Å². The van der Waals surface area contributed by atoms with E-state index in [1.165, 1.54) is 11.1 Å². The number of rotatable bonds is 4. The van der Waals surface area contributed by atoms with Gasteiger partial charge in [0.2, 0.25) is 5.91 Å². The number of carbonyl (C=O) groups is 1. The summed E-state index contributed by atoms with van der Waals surface area (Å²) in [5, 5.41) is 6.46. The van der Waals surface area contributed by atoms with Crippen LogP contribution in [0.3, 0.4) is 0 Å². The van der Waals surface area contributed by atoms with E-state index in [1.54, 1.807) is 0 Å². The highest BCUT2D eigenvalue weighted by Gasteiger charge is 2.19. The van der Waals surface area contributed by atoms with E-state index in [4.69, 9.17) is 0 Å². The van der Waals surface area contributed by atoms with E-state index in [1.807, 2.05) is 4.90 Å². The molecule has 2 heterocycles. The second kappa shape index (κ2) is 7.63. The van der Waals surface area contributed by atoms with E-state index in [0.29, 0.717) is 6.42 Å². The molecule has 0 bridgehead atoms. The highest BCUT2D eigenvalue weighted by atomic mass is 127. The number of hydrogen-bond acceptors (Lipinski definition) is 4. The number of likely N-dealkylation sites (tertiary alicyclic amines) is 1. The number of aliphatic imine (C=N–C) groups is 1. The van der Waals surface area contributed by atoms with E-state index in [9.17, 15) is 4.79 Å². The van der Waals surface area contributed by atoms with Crippen LogP contribution in [0.1, 0.15) is 24.0 Å². The Bertz CT molecular complexity index is 515. The minimum Gasteiger partial charge on any atom is -0.355 e. The predicted molar refractivity (Wildman–Crippen MR) is 93.7 cm³/mol. The molecule has 1 aromatic carbocycles. The van der Waals surface area contributed by atoms with Gasteiger partial charge in [-0.25, -0.2) is 0 Å². The molecule has 1 aromatic rings. The van der Waals surface area contributed by atoms with Gasteiger partial charge in [0.1, 0.15) is 0 Å². The first-order valence-electron chi connectivity index (χ1n) is 7.19. The number of nitrogens with zero attached hydrogens (tertiary/aromatic N) is 2. The van der Waals surface area contributed by atoms with Crippen molar-refractivity contribution in [1.82, 2.24) is 15.5 Å². The van der Waals surface area contributed by atoms with Crippen LogP contribution in [-0.2, 0) is 17.9 Å². The Labute approximate surface area is 142 Å². The summed E-state index contributed by atoms with van der Waals surface area (Å²) in [6, 6.07) is 8.43. The molecule has 21 heavy (non-hydrogen) atoms. The largest absolute Gasteiger partial charge is 0.355 e. The fraction of sp³-hybridized carbons (Fsp3) is 0.467. The molecular formula is C15H21IN4O. The van der Waals surface area contributed by atoms with Crippen LogP contribution in [-0.4, -0.2) is 36.4 Å². The van der Waals surface area contributed by atoms with Crippen molar-refractivity contribution in [2.45, 2.75) is 25.9 Å². The van der Waals surface area contributed by atoms with Crippen molar-refractivity contribution < 1.29 is 4.79 Å². The lowest BCUT2D eigenvalue weighted by atomic mass is 10.1. The van der Waals surface area contributed by atoms with Gasteiger partial charge >= 0.3 is 0 Å². The molecular weight excluding hydrogens is 379 g/mol. The topological polar surface area (TPSA) is 56.7 Å². The van der Waals surface area contributed by atoms with Gasteiger partial charge in [-0.05, 0) is 17.5 Å². The van der Waals surface area contributed by atoms with Gasteiger partial charge in [0.15, 0.2) is 5.96 Å². The summed E-state index contributed by atoms with van der Waals surface area (Å²) >= 11 is 0. The number of nitrogens with one attached hydrogen (secondary N) is 2. The van der Waals surface area contributed by atoms with Gasteiger partial charge in [0.25, 0.3) is 0 Å². The maximum absolute atomic E-state index is 11.6. The standard InChI is InChI=1S/C15H20N4O.HI/c20-14-2-1-9-19(14)11-13-5-3-12(4-6-13)10-18-15-16-7-8-17-15;/h3-6H,1-2,7-11H2,(H2,16,17,18);1H. The zero-order valence-corrected chi connectivity index (χ0v) is 14.3. The Balaban J connectivity index is 0.00000161. The summed E-state index contributed by atoms with van der Waals surface area (Å²) in [5.74, 6) is 1.16. The van der Waals surface area contributed by atoms with E-state index >= 15 is 0 Å². The second-order valence-electron chi connectivity index (χ2n) is 5.25. The summed E-state index contributed by atoms with van der Waals surface area (Å²) < 4.78 is 0. The van der Waals surface area contributed by atoms with Crippen molar-refractivity contribution >= 4 is 35.8 Å². The van der Waals surface area contributed by atoms with Crippen molar-refractivity contribution in [1.29, 1.82) is 0 Å². The third-order valence-electron chi connectivity index (χ3n) is 3.70.